The van der Waals surface area contributed by atoms with E-state index in [1.807, 2.05) is 0 Å². The third kappa shape index (κ3) is 2.39. The van der Waals surface area contributed by atoms with Gasteiger partial charge in [-0.05, 0) is 26.2 Å². The van der Waals surface area contributed by atoms with E-state index in [1.54, 1.807) is 0 Å². The molecule has 2 atom stereocenters. The first-order chi connectivity index (χ1) is 7.49. The monoisotopic (exact) mass is 289 g/mol. The molecule has 0 aromatic rings. The maximum absolute atomic E-state index is 12.1. The summed E-state index contributed by atoms with van der Waals surface area (Å²) in [6, 6.07) is 0. The molecule has 1 saturated heterocycles. The lowest BCUT2D eigenvalue weighted by molar-refractivity contribution is -0.133. The van der Waals surface area contributed by atoms with Gasteiger partial charge in [-0.2, -0.15) is 0 Å². The van der Waals surface area contributed by atoms with Gasteiger partial charge < -0.3 is 4.74 Å². The Morgan fingerprint density at radius 2 is 2.38 bits per heavy atom. The summed E-state index contributed by atoms with van der Waals surface area (Å²) in [5.74, 6) is -0.100. The molecule has 0 unspecified atom stereocenters. The van der Waals surface area contributed by atoms with E-state index < -0.39 is 6.09 Å². The van der Waals surface area contributed by atoms with Crippen LogP contribution in [0.15, 0.2) is 0 Å². The van der Waals surface area contributed by atoms with Gasteiger partial charge in [-0.25, -0.2) is 9.69 Å². The molecule has 1 aliphatic heterocycles. The molecular weight excluding hydrogens is 274 g/mol. The highest BCUT2D eigenvalue weighted by molar-refractivity contribution is 9.10. The lowest BCUT2D eigenvalue weighted by Gasteiger charge is -2.33. The molecule has 0 bridgehead atoms. The molecule has 0 aromatic heterocycles. The minimum atomic E-state index is -0.480. The van der Waals surface area contributed by atoms with Gasteiger partial charge in [0.25, 0.3) is 0 Å². The molecule has 0 radical (unpaired) electrons. The predicted octanol–water partition coefficient (Wildman–Crippen LogP) is 2.31. The number of amides is 2. The molecule has 2 amide bonds. The fourth-order valence-electron chi connectivity index (χ4n) is 2.46. The number of nitrogens with zero attached hydrogens (tertiary/aromatic N) is 1. The van der Waals surface area contributed by atoms with E-state index in [-0.39, 0.29) is 16.1 Å². The highest BCUT2D eigenvalue weighted by Crippen LogP contribution is 2.39. The molecule has 2 rings (SSSR count). The van der Waals surface area contributed by atoms with Crippen molar-refractivity contribution in [3.8, 4) is 0 Å². The second-order valence-electron chi connectivity index (χ2n) is 4.81. The summed E-state index contributed by atoms with van der Waals surface area (Å²) in [4.78, 5) is 24.6. The Kier molecular flexibility index (Phi) is 3.24. The number of cyclic esters (lactones) is 1. The van der Waals surface area contributed by atoms with Gasteiger partial charge in [0.15, 0.2) is 0 Å². The van der Waals surface area contributed by atoms with E-state index in [0.717, 1.165) is 25.7 Å². The molecule has 2 fully saturated rings. The zero-order valence-electron chi connectivity index (χ0n) is 9.37. The second-order valence-corrected chi connectivity index (χ2v) is 6.73. The van der Waals surface area contributed by atoms with Crippen molar-refractivity contribution < 1.29 is 14.3 Å². The molecule has 1 saturated carbocycles. The SMILES string of the molecule is C[C@]1(Br)CCC[C@H](C(=O)N2CCOC2=O)C1. The minimum Gasteiger partial charge on any atom is -0.447 e. The Morgan fingerprint density at radius 3 is 2.94 bits per heavy atom. The van der Waals surface area contributed by atoms with Crippen LogP contribution in [0.4, 0.5) is 4.79 Å². The standard InChI is InChI=1S/C11H16BrNO3/c1-11(12)4-2-3-8(7-11)9(14)13-5-6-16-10(13)15/h8H,2-7H2,1H3/t8-,11-/m0/s1. The van der Waals surface area contributed by atoms with Gasteiger partial charge in [-0.1, -0.05) is 22.4 Å². The molecule has 0 N–H and O–H groups in total. The number of halogens is 1. The number of hydrogen-bond donors (Lipinski definition) is 0. The Bertz CT molecular complexity index is 316. The maximum atomic E-state index is 12.1. The Morgan fingerprint density at radius 1 is 1.62 bits per heavy atom. The van der Waals surface area contributed by atoms with E-state index in [4.69, 9.17) is 4.74 Å². The summed E-state index contributed by atoms with van der Waals surface area (Å²) in [5, 5.41) is 0. The van der Waals surface area contributed by atoms with Gasteiger partial charge in [0.05, 0.1) is 6.54 Å². The van der Waals surface area contributed by atoms with Crippen LogP contribution in [0.3, 0.4) is 0 Å². The van der Waals surface area contributed by atoms with Gasteiger partial charge in [-0.3, -0.25) is 4.79 Å². The van der Waals surface area contributed by atoms with Crippen molar-refractivity contribution in [3.05, 3.63) is 0 Å². The van der Waals surface area contributed by atoms with Crippen LogP contribution in [0.2, 0.25) is 0 Å². The van der Waals surface area contributed by atoms with Crippen molar-refractivity contribution in [2.45, 2.75) is 36.9 Å². The number of carbonyl (C=O) groups excluding carboxylic acids is 2. The van der Waals surface area contributed by atoms with Crippen LogP contribution < -0.4 is 0 Å². The van der Waals surface area contributed by atoms with Gasteiger partial charge in [-0.15, -0.1) is 0 Å². The van der Waals surface area contributed by atoms with Crippen LogP contribution in [0.5, 0.6) is 0 Å². The Balaban J connectivity index is 2.01. The van der Waals surface area contributed by atoms with Gasteiger partial charge in [0.2, 0.25) is 5.91 Å². The summed E-state index contributed by atoms with van der Waals surface area (Å²) in [5.41, 5.74) is 0. The Labute approximate surface area is 103 Å². The van der Waals surface area contributed by atoms with Crippen molar-refractivity contribution in [2.75, 3.05) is 13.2 Å². The highest BCUT2D eigenvalue weighted by atomic mass is 79.9. The third-order valence-electron chi connectivity index (χ3n) is 3.30. The maximum Gasteiger partial charge on any atom is 0.416 e. The summed E-state index contributed by atoms with van der Waals surface area (Å²) in [6.45, 7) is 2.85. The number of carbonyl (C=O) groups is 2. The molecule has 0 spiro atoms. The van der Waals surface area contributed by atoms with Crippen LogP contribution in [-0.2, 0) is 9.53 Å². The van der Waals surface area contributed by atoms with Crippen molar-refractivity contribution in [1.29, 1.82) is 0 Å². The molecule has 16 heavy (non-hydrogen) atoms. The number of alkyl halides is 1. The predicted molar refractivity (Wildman–Crippen MR) is 62.4 cm³/mol. The Hall–Kier alpha value is -0.580. The zero-order valence-corrected chi connectivity index (χ0v) is 11.0. The first-order valence-electron chi connectivity index (χ1n) is 5.67. The van der Waals surface area contributed by atoms with Crippen LogP contribution in [0.25, 0.3) is 0 Å². The average molecular weight is 290 g/mol. The van der Waals surface area contributed by atoms with Crippen molar-refractivity contribution in [3.63, 3.8) is 0 Å². The largest absolute Gasteiger partial charge is 0.447 e. The van der Waals surface area contributed by atoms with E-state index >= 15 is 0 Å². The third-order valence-corrected chi connectivity index (χ3v) is 4.02. The zero-order chi connectivity index (χ0) is 11.8. The van der Waals surface area contributed by atoms with E-state index in [1.165, 1.54) is 4.90 Å². The molecule has 4 nitrogen and oxygen atoms in total. The van der Waals surface area contributed by atoms with E-state index in [9.17, 15) is 9.59 Å². The molecule has 1 heterocycles. The topological polar surface area (TPSA) is 46.6 Å². The van der Waals surface area contributed by atoms with Crippen LogP contribution >= 0.6 is 15.9 Å². The smallest absolute Gasteiger partial charge is 0.416 e. The summed E-state index contributed by atoms with van der Waals surface area (Å²) in [7, 11) is 0. The van der Waals surface area contributed by atoms with Gasteiger partial charge >= 0.3 is 6.09 Å². The summed E-state index contributed by atoms with van der Waals surface area (Å²) < 4.78 is 4.82. The second kappa shape index (κ2) is 4.35. The average Bonchev–Trinajstić information content (AvgIpc) is 2.62. The number of imide groups is 1. The summed E-state index contributed by atoms with van der Waals surface area (Å²) >= 11 is 3.64. The first kappa shape index (κ1) is 11.9. The van der Waals surface area contributed by atoms with Crippen LogP contribution in [0.1, 0.15) is 32.6 Å². The molecule has 90 valence electrons. The van der Waals surface area contributed by atoms with E-state index in [0.29, 0.717) is 13.2 Å². The number of hydrogen-bond acceptors (Lipinski definition) is 3. The van der Waals surface area contributed by atoms with E-state index in [2.05, 4.69) is 22.9 Å². The molecule has 5 heteroatoms. The molecular formula is C11H16BrNO3. The van der Waals surface area contributed by atoms with Crippen LogP contribution in [0, 0.1) is 5.92 Å². The highest BCUT2D eigenvalue weighted by Gasteiger charge is 2.38. The quantitative estimate of drug-likeness (QED) is 0.696. The lowest BCUT2D eigenvalue weighted by atomic mass is 9.81. The normalized spacial score (nSPS) is 35.0. The number of rotatable bonds is 1. The van der Waals surface area contributed by atoms with Gasteiger partial charge in [0, 0.05) is 10.2 Å². The lowest BCUT2D eigenvalue weighted by Crippen LogP contribution is -2.40. The van der Waals surface area contributed by atoms with Gasteiger partial charge in [0.1, 0.15) is 6.61 Å². The summed E-state index contributed by atoms with van der Waals surface area (Å²) in [6.07, 6.45) is 3.31. The minimum absolute atomic E-state index is 0.0369. The molecule has 2 aliphatic rings. The first-order valence-corrected chi connectivity index (χ1v) is 6.46. The molecule has 0 aromatic carbocycles. The van der Waals surface area contributed by atoms with Crippen molar-refractivity contribution in [1.82, 2.24) is 4.90 Å². The van der Waals surface area contributed by atoms with Crippen LogP contribution in [-0.4, -0.2) is 34.4 Å². The van der Waals surface area contributed by atoms with Crippen molar-refractivity contribution >= 4 is 27.9 Å². The fourth-order valence-corrected chi connectivity index (χ4v) is 3.13. The number of ether oxygens (including phenoxy) is 1. The van der Waals surface area contributed by atoms with Crippen molar-refractivity contribution in [2.24, 2.45) is 5.92 Å². The fraction of sp³-hybridized carbons (Fsp3) is 0.818. The molecule has 1 aliphatic carbocycles.